The predicted molar refractivity (Wildman–Crippen MR) is 104 cm³/mol. The molecule has 0 radical (unpaired) electrons. The van der Waals surface area contributed by atoms with Crippen LogP contribution in [0.25, 0.3) is 0 Å². The highest BCUT2D eigenvalue weighted by Gasteiger charge is 2.27. The van der Waals surface area contributed by atoms with E-state index in [-0.39, 0.29) is 6.10 Å². The number of aliphatic hydroxyl groups excluding tert-OH is 1. The molecule has 2 aromatic rings. The largest absolute Gasteiger partial charge is 0.497 e. The van der Waals surface area contributed by atoms with Gasteiger partial charge in [0.05, 0.1) is 19.8 Å². The van der Waals surface area contributed by atoms with E-state index in [9.17, 15) is 5.11 Å². The molecule has 2 atom stereocenters. The van der Waals surface area contributed by atoms with Crippen molar-refractivity contribution in [3.8, 4) is 11.5 Å². The Bertz CT molecular complexity index is 703. The Hall–Kier alpha value is -2.04. The van der Waals surface area contributed by atoms with Crippen molar-refractivity contribution in [3.05, 3.63) is 59.7 Å². The quantitative estimate of drug-likeness (QED) is 0.789. The van der Waals surface area contributed by atoms with Crippen LogP contribution in [0.5, 0.6) is 11.5 Å². The highest BCUT2D eigenvalue weighted by Crippen LogP contribution is 2.23. The molecule has 1 saturated heterocycles. The maximum atomic E-state index is 9.75. The second kappa shape index (κ2) is 9.06. The third kappa shape index (κ3) is 4.99. The third-order valence-electron chi connectivity index (χ3n) is 5.16. The summed E-state index contributed by atoms with van der Waals surface area (Å²) < 4.78 is 11.4. The predicted octanol–water partition coefficient (Wildman–Crippen LogP) is 3.31. The topological polar surface area (TPSA) is 41.9 Å². The van der Waals surface area contributed by atoms with Gasteiger partial charge in [-0.15, -0.1) is 0 Å². The van der Waals surface area contributed by atoms with Gasteiger partial charge in [-0.3, -0.25) is 0 Å². The summed E-state index contributed by atoms with van der Waals surface area (Å²) in [7, 11) is 3.77. The molecule has 4 heteroatoms. The Morgan fingerprint density at radius 2 is 1.96 bits per heavy atom. The summed E-state index contributed by atoms with van der Waals surface area (Å²) >= 11 is 0. The number of hydrogen-bond donors (Lipinski definition) is 1. The number of hydrogen-bond acceptors (Lipinski definition) is 4. The highest BCUT2D eigenvalue weighted by atomic mass is 16.5. The Morgan fingerprint density at radius 3 is 2.73 bits per heavy atom. The lowest BCUT2D eigenvalue weighted by Crippen LogP contribution is -2.26. The van der Waals surface area contributed by atoms with Crippen LogP contribution in [0.3, 0.4) is 0 Å². The van der Waals surface area contributed by atoms with Gasteiger partial charge in [0.2, 0.25) is 0 Å². The fraction of sp³-hybridized carbons (Fsp3) is 0.455. The van der Waals surface area contributed by atoms with E-state index in [0.717, 1.165) is 43.7 Å². The normalized spacial score (nSPS) is 20.3. The zero-order valence-electron chi connectivity index (χ0n) is 15.7. The first kappa shape index (κ1) is 18.7. The number of β-amino-alcohol motifs (C(OH)–C–C–N with tert-alkyl or cyclic N) is 1. The van der Waals surface area contributed by atoms with Crippen molar-refractivity contribution >= 4 is 0 Å². The number of likely N-dealkylation sites (N-methyl/N-ethyl adjacent to an activating group) is 1. The average Bonchev–Trinajstić information content (AvgIpc) is 2.98. The van der Waals surface area contributed by atoms with E-state index in [0.29, 0.717) is 12.6 Å². The number of ether oxygens (including phenoxy) is 2. The maximum absolute atomic E-state index is 9.75. The van der Waals surface area contributed by atoms with Crippen molar-refractivity contribution in [1.29, 1.82) is 0 Å². The van der Waals surface area contributed by atoms with Crippen molar-refractivity contribution < 1.29 is 14.6 Å². The summed E-state index contributed by atoms with van der Waals surface area (Å²) in [5, 5.41) is 9.75. The van der Waals surface area contributed by atoms with Crippen LogP contribution in [0.1, 0.15) is 24.0 Å². The Labute approximate surface area is 156 Å². The lowest BCUT2D eigenvalue weighted by molar-refractivity contribution is 0.182. The molecule has 0 spiro atoms. The van der Waals surface area contributed by atoms with Crippen LogP contribution in [0.2, 0.25) is 0 Å². The SMILES string of the molecule is COc1cccc(CCc2ccccc2OCC[C@@H]2C[C@H](O)CN2C)c1. The van der Waals surface area contributed by atoms with Crippen LogP contribution in [0.15, 0.2) is 48.5 Å². The zero-order chi connectivity index (χ0) is 18.4. The first-order chi connectivity index (χ1) is 12.7. The van der Waals surface area contributed by atoms with Gasteiger partial charge in [-0.2, -0.15) is 0 Å². The summed E-state index contributed by atoms with van der Waals surface area (Å²) in [6.45, 7) is 1.44. The molecule has 3 rings (SSSR count). The van der Waals surface area contributed by atoms with Gasteiger partial charge in [-0.05, 0) is 62.1 Å². The molecule has 1 aliphatic rings. The number of nitrogens with zero attached hydrogens (tertiary/aromatic N) is 1. The molecule has 0 aliphatic carbocycles. The first-order valence-electron chi connectivity index (χ1n) is 9.37. The molecule has 1 heterocycles. The number of methoxy groups -OCH3 is 1. The minimum atomic E-state index is -0.194. The molecule has 2 aromatic carbocycles. The van der Waals surface area contributed by atoms with Crippen LogP contribution in [-0.2, 0) is 12.8 Å². The molecular weight excluding hydrogens is 326 g/mol. The van der Waals surface area contributed by atoms with Crippen molar-refractivity contribution in [3.63, 3.8) is 0 Å². The van der Waals surface area contributed by atoms with Gasteiger partial charge >= 0.3 is 0 Å². The van der Waals surface area contributed by atoms with E-state index in [2.05, 4.69) is 36.2 Å². The van der Waals surface area contributed by atoms with Crippen LogP contribution in [0, 0.1) is 0 Å². The summed E-state index contributed by atoms with van der Waals surface area (Å²) in [5.41, 5.74) is 2.50. The molecule has 0 unspecified atom stereocenters. The van der Waals surface area contributed by atoms with E-state index in [1.54, 1.807) is 7.11 Å². The van der Waals surface area contributed by atoms with Gasteiger partial charge in [0.25, 0.3) is 0 Å². The number of rotatable bonds is 8. The molecular formula is C22H29NO3. The van der Waals surface area contributed by atoms with Gasteiger partial charge in [0, 0.05) is 12.6 Å². The second-order valence-electron chi connectivity index (χ2n) is 7.08. The molecule has 140 valence electrons. The number of para-hydroxylation sites is 1. The van der Waals surface area contributed by atoms with Crippen LogP contribution >= 0.6 is 0 Å². The summed E-state index contributed by atoms with van der Waals surface area (Å²) in [6.07, 6.45) is 3.48. The van der Waals surface area contributed by atoms with Gasteiger partial charge in [0.15, 0.2) is 0 Å². The van der Waals surface area contributed by atoms with Crippen molar-refractivity contribution in [2.45, 2.75) is 37.8 Å². The molecule has 1 fully saturated rings. The zero-order valence-corrected chi connectivity index (χ0v) is 15.7. The highest BCUT2D eigenvalue weighted by molar-refractivity contribution is 5.35. The van der Waals surface area contributed by atoms with Crippen LogP contribution < -0.4 is 9.47 Å². The van der Waals surface area contributed by atoms with E-state index < -0.39 is 0 Å². The molecule has 4 nitrogen and oxygen atoms in total. The average molecular weight is 355 g/mol. The van der Waals surface area contributed by atoms with E-state index in [1.807, 2.05) is 24.3 Å². The first-order valence-corrected chi connectivity index (χ1v) is 9.37. The molecule has 0 aromatic heterocycles. The summed E-state index contributed by atoms with van der Waals surface area (Å²) in [6, 6.07) is 16.9. The minimum absolute atomic E-state index is 0.194. The fourth-order valence-electron chi connectivity index (χ4n) is 3.65. The van der Waals surface area contributed by atoms with Crippen LogP contribution in [-0.4, -0.2) is 49.5 Å². The smallest absolute Gasteiger partial charge is 0.122 e. The third-order valence-corrected chi connectivity index (χ3v) is 5.16. The number of likely N-dealkylation sites (tertiary alicyclic amines) is 1. The Kier molecular flexibility index (Phi) is 6.53. The maximum Gasteiger partial charge on any atom is 0.122 e. The standard InChI is InChI=1S/C22H29NO3/c1-23-16-20(24)15-19(23)12-13-26-22-9-4-3-7-18(22)11-10-17-6-5-8-21(14-17)25-2/h3-9,14,19-20,24H,10-13,15-16H2,1-2H3/t19-,20+/m1/s1. The van der Waals surface area contributed by atoms with Crippen molar-refractivity contribution in [1.82, 2.24) is 4.90 Å². The lowest BCUT2D eigenvalue weighted by Gasteiger charge is -2.19. The van der Waals surface area contributed by atoms with Gasteiger partial charge in [0.1, 0.15) is 11.5 Å². The fourth-order valence-corrected chi connectivity index (χ4v) is 3.65. The second-order valence-corrected chi connectivity index (χ2v) is 7.08. The van der Waals surface area contributed by atoms with Gasteiger partial charge < -0.3 is 19.5 Å². The Balaban J connectivity index is 1.54. The number of aliphatic hydroxyl groups is 1. The Morgan fingerprint density at radius 1 is 1.12 bits per heavy atom. The summed E-state index contributed by atoms with van der Waals surface area (Å²) in [4.78, 5) is 2.22. The van der Waals surface area contributed by atoms with Crippen molar-refractivity contribution in [2.24, 2.45) is 0 Å². The molecule has 26 heavy (non-hydrogen) atoms. The molecule has 0 saturated carbocycles. The molecule has 0 bridgehead atoms. The monoisotopic (exact) mass is 355 g/mol. The molecule has 1 aliphatic heterocycles. The van der Waals surface area contributed by atoms with E-state index in [4.69, 9.17) is 9.47 Å². The minimum Gasteiger partial charge on any atom is -0.497 e. The van der Waals surface area contributed by atoms with Crippen molar-refractivity contribution in [2.75, 3.05) is 27.3 Å². The van der Waals surface area contributed by atoms with Gasteiger partial charge in [-0.1, -0.05) is 30.3 Å². The number of benzene rings is 2. The number of aryl methyl sites for hydroxylation is 2. The van der Waals surface area contributed by atoms with E-state index >= 15 is 0 Å². The van der Waals surface area contributed by atoms with E-state index in [1.165, 1.54) is 11.1 Å². The molecule has 0 amide bonds. The van der Waals surface area contributed by atoms with Crippen LogP contribution in [0.4, 0.5) is 0 Å². The lowest BCUT2D eigenvalue weighted by atomic mass is 10.0. The summed E-state index contributed by atoms with van der Waals surface area (Å²) in [5.74, 6) is 1.87. The molecule has 1 N–H and O–H groups in total. The van der Waals surface area contributed by atoms with Gasteiger partial charge in [-0.25, -0.2) is 0 Å².